The summed E-state index contributed by atoms with van der Waals surface area (Å²) in [5.41, 5.74) is 11.9. The second-order valence-corrected chi connectivity index (χ2v) is 12.6. The number of hydrogen-bond donors (Lipinski definition) is 3. The molecule has 11 heteroatoms. The predicted octanol–water partition coefficient (Wildman–Crippen LogP) is 6.43. The van der Waals surface area contributed by atoms with Gasteiger partial charge in [-0.1, -0.05) is 117 Å². The summed E-state index contributed by atoms with van der Waals surface area (Å²) < 4.78 is 12.8. The third-order valence-corrected chi connectivity index (χ3v) is 8.71. The van der Waals surface area contributed by atoms with E-state index in [2.05, 4.69) is 21.9 Å². The molecule has 2 aromatic heterocycles. The lowest BCUT2D eigenvalue weighted by molar-refractivity contribution is -0.149. The standard InChI is InChI=1S/C34H60N6O5/c1-4-6-7-8-9-10-11-12-13-14-15-16-17-18-19-20-28(41)45-24-27(21-22-44-33(43)29(35)26(3)5-2)23-40-25-37-30-31(40)38-34(36)39-32(30)42/h25-27,29H,4-24,35H2,1-3H3,(H3,36,38,39,42)/t26-,27+,29-/m0/s1. The van der Waals surface area contributed by atoms with Crippen molar-refractivity contribution in [1.29, 1.82) is 0 Å². The average Bonchev–Trinajstić information content (AvgIpc) is 3.43. The smallest absolute Gasteiger partial charge is 0.323 e. The number of fused-ring (bicyclic) bond motifs is 1. The summed E-state index contributed by atoms with van der Waals surface area (Å²) in [5, 5.41) is 0. The van der Waals surface area contributed by atoms with Crippen molar-refractivity contribution in [3.63, 3.8) is 0 Å². The highest BCUT2D eigenvalue weighted by Crippen LogP contribution is 2.17. The van der Waals surface area contributed by atoms with Gasteiger partial charge in [0.25, 0.3) is 5.56 Å². The number of H-pyrrole nitrogens is 1. The van der Waals surface area contributed by atoms with E-state index in [1.807, 2.05) is 13.8 Å². The fraction of sp³-hybridized carbons (Fsp3) is 0.794. The summed E-state index contributed by atoms with van der Waals surface area (Å²) >= 11 is 0. The van der Waals surface area contributed by atoms with Gasteiger partial charge in [-0.05, 0) is 18.8 Å². The molecule has 0 amide bonds. The lowest BCUT2D eigenvalue weighted by Crippen LogP contribution is -2.38. The van der Waals surface area contributed by atoms with Crippen LogP contribution < -0.4 is 17.0 Å². The van der Waals surface area contributed by atoms with Gasteiger partial charge >= 0.3 is 11.9 Å². The van der Waals surface area contributed by atoms with Crippen molar-refractivity contribution < 1.29 is 19.1 Å². The molecular formula is C34H60N6O5. The quantitative estimate of drug-likeness (QED) is 0.0781. The molecule has 0 saturated carbocycles. The molecule has 0 fully saturated rings. The molecule has 2 heterocycles. The fourth-order valence-corrected chi connectivity index (χ4v) is 5.44. The zero-order chi connectivity index (χ0) is 32.9. The number of ether oxygens (including phenoxy) is 2. The van der Waals surface area contributed by atoms with Crippen molar-refractivity contribution in [3.8, 4) is 0 Å². The predicted molar refractivity (Wildman–Crippen MR) is 180 cm³/mol. The highest BCUT2D eigenvalue weighted by atomic mass is 16.5. The maximum atomic E-state index is 12.5. The third kappa shape index (κ3) is 15.3. The molecule has 0 bridgehead atoms. The molecule has 0 aliphatic rings. The molecule has 0 unspecified atom stereocenters. The molecule has 5 N–H and O–H groups in total. The van der Waals surface area contributed by atoms with E-state index in [0.29, 0.717) is 25.0 Å². The first kappa shape index (κ1) is 38.2. The van der Waals surface area contributed by atoms with Crippen molar-refractivity contribution in [3.05, 3.63) is 16.7 Å². The number of imidazole rings is 1. The lowest BCUT2D eigenvalue weighted by Gasteiger charge is -2.20. The Bertz CT molecular complexity index is 1170. The third-order valence-electron chi connectivity index (χ3n) is 8.71. The van der Waals surface area contributed by atoms with Crippen LogP contribution in [0.3, 0.4) is 0 Å². The first-order valence-corrected chi connectivity index (χ1v) is 17.5. The van der Waals surface area contributed by atoms with Gasteiger partial charge in [0.05, 0.1) is 19.5 Å². The van der Waals surface area contributed by atoms with Gasteiger partial charge in [0.2, 0.25) is 5.95 Å². The number of unbranched alkanes of at least 4 members (excludes halogenated alkanes) is 14. The van der Waals surface area contributed by atoms with Crippen LogP contribution in [0.1, 0.15) is 136 Å². The molecule has 256 valence electrons. The normalized spacial score (nSPS) is 13.5. The summed E-state index contributed by atoms with van der Waals surface area (Å²) in [6.07, 6.45) is 22.2. The van der Waals surface area contributed by atoms with Crippen LogP contribution >= 0.6 is 0 Å². The number of carbonyl (C=O) groups excluding carboxylic acids is 2. The van der Waals surface area contributed by atoms with Gasteiger partial charge in [0.1, 0.15) is 6.04 Å². The zero-order valence-corrected chi connectivity index (χ0v) is 28.2. The molecule has 0 aliphatic heterocycles. The van der Waals surface area contributed by atoms with Crippen LogP contribution in [0.2, 0.25) is 0 Å². The molecule has 45 heavy (non-hydrogen) atoms. The summed E-state index contributed by atoms with van der Waals surface area (Å²) in [6, 6.07) is -0.683. The number of aromatic amines is 1. The first-order chi connectivity index (χ1) is 21.8. The minimum atomic E-state index is -0.683. The van der Waals surface area contributed by atoms with E-state index in [-0.39, 0.29) is 42.5 Å². The molecule has 2 rings (SSSR count). The number of anilines is 1. The molecule has 0 aliphatic carbocycles. The largest absolute Gasteiger partial charge is 0.465 e. The van der Waals surface area contributed by atoms with Gasteiger partial charge < -0.3 is 25.5 Å². The van der Waals surface area contributed by atoms with Crippen LogP contribution in [0.4, 0.5) is 5.95 Å². The van der Waals surface area contributed by atoms with Gasteiger partial charge in [-0.3, -0.25) is 19.4 Å². The molecule has 0 saturated heterocycles. The number of carbonyl (C=O) groups is 2. The topological polar surface area (TPSA) is 168 Å². The van der Waals surface area contributed by atoms with Crippen molar-refractivity contribution in [2.45, 2.75) is 149 Å². The Morgan fingerprint density at radius 2 is 1.49 bits per heavy atom. The van der Waals surface area contributed by atoms with Gasteiger partial charge in [0.15, 0.2) is 11.2 Å². The fourth-order valence-electron chi connectivity index (χ4n) is 5.44. The number of nitrogen functional groups attached to an aromatic ring is 1. The SMILES string of the molecule is CCCCCCCCCCCCCCCCCC(=O)OC[C@H](CCOC(=O)[C@@H](N)[C@@H](C)CC)Cn1cnc2c(=O)[nH]c(N)nc21. The van der Waals surface area contributed by atoms with E-state index in [4.69, 9.17) is 20.9 Å². The second-order valence-electron chi connectivity index (χ2n) is 12.6. The Morgan fingerprint density at radius 3 is 2.07 bits per heavy atom. The van der Waals surface area contributed by atoms with Crippen LogP contribution in [0.25, 0.3) is 11.2 Å². The highest BCUT2D eigenvalue weighted by molar-refractivity contribution is 5.75. The van der Waals surface area contributed by atoms with Gasteiger partial charge in [-0.15, -0.1) is 0 Å². The number of nitrogens with zero attached hydrogens (tertiary/aromatic N) is 3. The molecule has 2 aromatic rings. The number of nitrogens with one attached hydrogen (secondary N) is 1. The number of rotatable bonds is 26. The van der Waals surface area contributed by atoms with Gasteiger partial charge in [0, 0.05) is 18.9 Å². The van der Waals surface area contributed by atoms with Crippen molar-refractivity contribution >= 4 is 29.1 Å². The highest BCUT2D eigenvalue weighted by Gasteiger charge is 2.22. The average molecular weight is 633 g/mol. The van der Waals surface area contributed by atoms with Gasteiger partial charge in [-0.2, -0.15) is 4.98 Å². The maximum absolute atomic E-state index is 12.5. The number of hydrogen-bond acceptors (Lipinski definition) is 9. The van der Waals surface area contributed by atoms with Crippen LogP contribution in [0.15, 0.2) is 11.1 Å². The molecular weight excluding hydrogens is 572 g/mol. The van der Waals surface area contributed by atoms with Crippen LogP contribution in [-0.2, 0) is 25.6 Å². The number of aromatic nitrogens is 4. The maximum Gasteiger partial charge on any atom is 0.323 e. The van der Waals surface area contributed by atoms with Crippen molar-refractivity contribution in [2.24, 2.45) is 17.6 Å². The monoisotopic (exact) mass is 632 g/mol. The van der Waals surface area contributed by atoms with Crippen LogP contribution in [-0.4, -0.2) is 50.7 Å². The van der Waals surface area contributed by atoms with E-state index in [9.17, 15) is 14.4 Å². The summed E-state index contributed by atoms with van der Waals surface area (Å²) in [5.74, 6) is -0.876. The number of esters is 2. The molecule has 11 nitrogen and oxygen atoms in total. The number of nitrogens with two attached hydrogens (primary N) is 2. The summed E-state index contributed by atoms with van der Waals surface area (Å²) in [4.78, 5) is 47.9. The van der Waals surface area contributed by atoms with E-state index in [1.54, 1.807) is 4.57 Å². The Labute approximate surface area is 269 Å². The van der Waals surface area contributed by atoms with Crippen molar-refractivity contribution in [1.82, 2.24) is 19.5 Å². The summed E-state index contributed by atoms with van der Waals surface area (Å²) in [7, 11) is 0. The second kappa shape index (κ2) is 22.5. The van der Waals surface area contributed by atoms with E-state index in [0.717, 1.165) is 25.7 Å². The van der Waals surface area contributed by atoms with E-state index >= 15 is 0 Å². The van der Waals surface area contributed by atoms with Crippen LogP contribution in [0.5, 0.6) is 0 Å². The Morgan fingerprint density at radius 1 is 0.911 bits per heavy atom. The molecule has 0 aromatic carbocycles. The van der Waals surface area contributed by atoms with Gasteiger partial charge in [-0.25, -0.2) is 4.98 Å². The lowest BCUT2D eigenvalue weighted by atomic mass is 10.0. The molecule has 3 atom stereocenters. The summed E-state index contributed by atoms with van der Waals surface area (Å²) in [6.45, 7) is 6.78. The van der Waals surface area contributed by atoms with E-state index in [1.165, 1.54) is 83.4 Å². The molecule has 0 radical (unpaired) electrons. The van der Waals surface area contributed by atoms with Crippen LogP contribution in [0, 0.1) is 11.8 Å². The Hall–Kier alpha value is -2.95. The van der Waals surface area contributed by atoms with E-state index < -0.39 is 17.6 Å². The Balaban J connectivity index is 1.70. The first-order valence-electron chi connectivity index (χ1n) is 17.5. The Kier molecular flexibility index (Phi) is 19.1. The van der Waals surface area contributed by atoms with Crippen molar-refractivity contribution in [2.75, 3.05) is 18.9 Å². The minimum absolute atomic E-state index is 0.00585. The molecule has 0 spiro atoms. The minimum Gasteiger partial charge on any atom is -0.465 e. The zero-order valence-electron chi connectivity index (χ0n) is 28.2.